The van der Waals surface area contributed by atoms with E-state index >= 15 is 0 Å². The number of Topliss-reactive ketones (excluding diaryl/α,β-unsaturated/α-hetero) is 1. The third kappa shape index (κ3) is 5.08. The number of aryl methyl sites for hydroxylation is 1. The van der Waals surface area contributed by atoms with E-state index in [4.69, 9.17) is 16.3 Å². The zero-order valence-corrected chi connectivity index (χ0v) is 18.2. The van der Waals surface area contributed by atoms with Gasteiger partial charge in [0.1, 0.15) is 11.1 Å². The van der Waals surface area contributed by atoms with E-state index in [0.29, 0.717) is 16.9 Å². The van der Waals surface area contributed by atoms with Crippen molar-refractivity contribution in [2.75, 3.05) is 7.11 Å². The average Bonchev–Trinajstić information content (AvgIpc) is 2.77. The molecule has 0 heterocycles. The second kappa shape index (κ2) is 9.43. The number of hydrogen-bond acceptors (Lipinski definition) is 4. The maximum absolute atomic E-state index is 13.0. The van der Waals surface area contributed by atoms with Gasteiger partial charge in [0.15, 0.2) is 5.78 Å². The van der Waals surface area contributed by atoms with Crippen LogP contribution in [0.15, 0.2) is 83.8 Å². The maximum Gasteiger partial charge on any atom is 0.241 e. The number of alkyl halides is 1. The summed E-state index contributed by atoms with van der Waals surface area (Å²) in [7, 11) is -2.38. The highest BCUT2D eigenvalue weighted by atomic mass is 35.5. The SMILES string of the molecule is COc1ccc([C@@H](NS(=O)(=O)c2ccc(C)cc2)[C@@H](Cl)C(=O)c2ccccc2)cc1. The lowest BCUT2D eigenvalue weighted by molar-refractivity contribution is 0.0977. The van der Waals surface area contributed by atoms with Crippen molar-refractivity contribution in [2.45, 2.75) is 23.2 Å². The monoisotopic (exact) mass is 443 g/mol. The molecule has 0 aromatic heterocycles. The number of ketones is 1. The van der Waals surface area contributed by atoms with Gasteiger partial charge in [0.05, 0.1) is 18.0 Å². The van der Waals surface area contributed by atoms with Crippen LogP contribution in [0, 0.1) is 6.92 Å². The van der Waals surface area contributed by atoms with Crippen LogP contribution in [-0.2, 0) is 10.0 Å². The average molecular weight is 444 g/mol. The molecule has 3 aromatic carbocycles. The molecule has 5 nitrogen and oxygen atoms in total. The molecule has 0 spiro atoms. The predicted octanol–water partition coefficient (Wildman–Crippen LogP) is 4.51. The van der Waals surface area contributed by atoms with Crippen LogP contribution < -0.4 is 9.46 Å². The van der Waals surface area contributed by atoms with Gasteiger partial charge in [0, 0.05) is 5.56 Å². The molecule has 0 aliphatic rings. The van der Waals surface area contributed by atoms with E-state index in [-0.39, 0.29) is 10.7 Å². The lowest BCUT2D eigenvalue weighted by Gasteiger charge is -2.23. The molecule has 1 N–H and O–H groups in total. The molecule has 0 saturated heterocycles. The fourth-order valence-corrected chi connectivity index (χ4v) is 4.62. The highest BCUT2D eigenvalue weighted by Gasteiger charge is 2.32. The highest BCUT2D eigenvalue weighted by Crippen LogP contribution is 2.28. The molecule has 0 aliphatic heterocycles. The number of hydrogen-bond donors (Lipinski definition) is 1. The molecule has 3 rings (SSSR count). The molecule has 3 aromatic rings. The van der Waals surface area contributed by atoms with Crippen LogP contribution >= 0.6 is 11.6 Å². The van der Waals surface area contributed by atoms with Gasteiger partial charge in [-0.3, -0.25) is 4.79 Å². The number of halogens is 1. The van der Waals surface area contributed by atoms with Gasteiger partial charge < -0.3 is 4.74 Å². The Balaban J connectivity index is 1.98. The molecular weight excluding hydrogens is 422 g/mol. The summed E-state index contributed by atoms with van der Waals surface area (Å²) in [4.78, 5) is 13.1. The van der Waals surface area contributed by atoms with E-state index in [2.05, 4.69) is 4.72 Å². The van der Waals surface area contributed by atoms with Crippen LogP contribution in [-0.4, -0.2) is 26.7 Å². The Morgan fingerprint density at radius 1 is 0.933 bits per heavy atom. The smallest absolute Gasteiger partial charge is 0.241 e. The van der Waals surface area contributed by atoms with Crippen molar-refractivity contribution < 1.29 is 17.9 Å². The van der Waals surface area contributed by atoms with Crippen molar-refractivity contribution in [1.29, 1.82) is 0 Å². The summed E-state index contributed by atoms with van der Waals surface area (Å²) in [6, 6.07) is 20.8. The van der Waals surface area contributed by atoms with Crippen LogP contribution in [0.3, 0.4) is 0 Å². The summed E-state index contributed by atoms with van der Waals surface area (Å²) >= 11 is 6.55. The van der Waals surface area contributed by atoms with Crippen molar-refractivity contribution in [3.63, 3.8) is 0 Å². The van der Waals surface area contributed by atoms with Crippen molar-refractivity contribution in [2.24, 2.45) is 0 Å². The topological polar surface area (TPSA) is 72.5 Å². The summed E-state index contributed by atoms with van der Waals surface area (Å²) in [6.45, 7) is 1.87. The van der Waals surface area contributed by atoms with Crippen LogP contribution in [0.2, 0.25) is 0 Å². The number of carbonyl (C=O) groups is 1. The van der Waals surface area contributed by atoms with Gasteiger partial charge >= 0.3 is 0 Å². The van der Waals surface area contributed by atoms with E-state index < -0.39 is 21.4 Å². The third-order valence-electron chi connectivity index (χ3n) is 4.69. The van der Waals surface area contributed by atoms with Crippen molar-refractivity contribution in [1.82, 2.24) is 4.72 Å². The number of methoxy groups -OCH3 is 1. The highest BCUT2D eigenvalue weighted by molar-refractivity contribution is 7.89. The maximum atomic E-state index is 13.0. The van der Waals surface area contributed by atoms with Crippen LogP contribution in [0.5, 0.6) is 5.75 Å². The van der Waals surface area contributed by atoms with E-state index in [9.17, 15) is 13.2 Å². The summed E-state index contributed by atoms with van der Waals surface area (Å²) in [5, 5.41) is -1.15. The molecule has 156 valence electrons. The normalized spacial score (nSPS) is 13.4. The molecule has 0 saturated carbocycles. The second-order valence-corrected chi connectivity index (χ2v) is 9.00. The number of ether oxygens (including phenoxy) is 1. The Bertz CT molecular complexity index is 1100. The quantitative estimate of drug-likeness (QED) is 0.410. The molecule has 0 bridgehead atoms. The first kappa shape index (κ1) is 22.0. The fourth-order valence-electron chi connectivity index (χ4n) is 2.97. The Labute approximate surface area is 181 Å². The van der Waals surface area contributed by atoms with Crippen molar-refractivity contribution in [3.8, 4) is 5.75 Å². The molecule has 30 heavy (non-hydrogen) atoms. The molecule has 0 unspecified atom stereocenters. The third-order valence-corrected chi connectivity index (χ3v) is 6.60. The number of nitrogens with one attached hydrogen (secondary N) is 1. The van der Waals surface area contributed by atoms with E-state index in [1.54, 1.807) is 66.7 Å². The minimum absolute atomic E-state index is 0.0997. The van der Waals surface area contributed by atoms with Gasteiger partial charge in [-0.25, -0.2) is 13.1 Å². The first-order valence-electron chi connectivity index (χ1n) is 9.28. The summed E-state index contributed by atoms with van der Waals surface area (Å²) in [5.74, 6) is 0.240. The number of carbonyl (C=O) groups excluding carboxylic acids is 1. The predicted molar refractivity (Wildman–Crippen MR) is 118 cm³/mol. The summed E-state index contributed by atoms with van der Waals surface area (Å²) in [5.41, 5.74) is 1.90. The standard InChI is InChI=1S/C23H22ClNO4S/c1-16-8-14-20(15-9-16)30(27,28)25-22(17-10-12-19(29-2)13-11-17)21(24)23(26)18-6-4-3-5-7-18/h3-15,21-22,25H,1-2H3/t21-,22-/m1/s1. The molecule has 0 amide bonds. The van der Waals surface area contributed by atoms with Gasteiger partial charge in [-0.2, -0.15) is 0 Å². The minimum atomic E-state index is -3.92. The van der Waals surface area contributed by atoms with Gasteiger partial charge in [-0.1, -0.05) is 60.2 Å². The lowest BCUT2D eigenvalue weighted by Crippen LogP contribution is -2.37. The fraction of sp³-hybridized carbons (Fsp3) is 0.174. The van der Waals surface area contributed by atoms with E-state index in [1.807, 2.05) is 6.92 Å². The van der Waals surface area contributed by atoms with Crippen LogP contribution in [0.1, 0.15) is 27.5 Å². The van der Waals surface area contributed by atoms with Gasteiger partial charge in [-0.05, 0) is 36.8 Å². The number of sulfonamides is 1. The zero-order chi connectivity index (χ0) is 21.7. The Hall–Kier alpha value is -2.67. The van der Waals surface area contributed by atoms with Gasteiger partial charge in [0.2, 0.25) is 10.0 Å². The molecule has 7 heteroatoms. The van der Waals surface area contributed by atoms with Crippen molar-refractivity contribution in [3.05, 3.63) is 95.6 Å². The number of rotatable bonds is 8. The van der Waals surface area contributed by atoms with Crippen LogP contribution in [0.4, 0.5) is 0 Å². The first-order chi connectivity index (χ1) is 14.3. The molecule has 2 atom stereocenters. The number of benzene rings is 3. The van der Waals surface area contributed by atoms with Crippen molar-refractivity contribution >= 4 is 27.4 Å². The van der Waals surface area contributed by atoms with Crippen LogP contribution in [0.25, 0.3) is 0 Å². The lowest BCUT2D eigenvalue weighted by atomic mass is 9.98. The van der Waals surface area contributed by atoms with Gasteiger partial charge in [-0.15, -0.1) is 11.6 Å². The molecule has 0 aliphatic carbocycles. The summed E-state index contributed by atoms with van der Waals surface area (Å²) in [6.07, 6.45) is 0. The summed E-state index contributed by atoms with van der Waals surface area (Å²) < 4.78 is 33.8. The largest absolute Gasteiger partial charge is 0.497 e. The second-order valence-electron chi connectivity index (χ2n) is 6.82. The zero-order valence-electron chi connectivity index (χ0n) is 16.6. The van der Waals surface area contributed by atoms with E-state index in [1.165, 1.54) is 19.2 Å². The first-order valence-corrected chi connectivity index (χ1v) is 11.2. The Morgan fingerprint density at radius 3 is 2.10 bits per heavy atom. The molecule has 0 radical (unpaired) electrons. The van der Waals surface area contributed by atoms with Gasteiger partial charge in [0.25, 0.3) is 0 Å². The Morgan fingerprint density at radius 2 is 1.53 bits per heavy atom. The Kier molecular flexibility index (Phi) is 6.92. The minimum Gasteiger partial charge on any atom is -0.497 e. The molecule has 0 fully saturated rings. The molecular formula is C23H22ClNO4S. The van der Waals surface area contributed by atoms with E-state index in [0.717, 1.165) is 5.56 Å².